The van der Waals surface area contributed by atoms with Crippen molar-refractivity contribution in [3.8, 4) is 5.75 Å². The van der Waals surface area contributed by atoms with E-state index in [0.717, 1.165) is 10.9 Å². The average Bonchev–Trinajstić information content (AvgIpc) is 2.60. The van der Waals surface area contributed by atoms with E-state index >= 15 is 0 Å². The first kappa shape index (κ1) is 10.3. The Kier molecular flexibility index (Phi) is 2.81. The van der Waals surface area contributed by atoms with E-state index in [1.54, 1.807) is 25.4 Å². The number of thioether (sulfide) groups is 1. The van der Waals surface area contributed by atoms with Crippen LogP contribution in [0.15, 0.2) is 29.3 Å². The Bertz CT molecular complexity index is 469. The lowest BCUT2D eigenvalue weighted by Gasteiger charge is -2.01. The van der Waals surface area contributed by atoms with Crippen LogP contribution >= 0.6 is 11.8 Å². The highest BCUT2D eigenvalue weighted by Crippen LogP contribution is 2.33. The van der Waals surface area contributed by atoms with Crippen LogP contribution in [0.5, 0.6) is 5.75 Å². The first-order valence-electron chi connectivity index (χ1n) is 4.30. The lowest BCUT2D eigenvalue weighted by molar-refractivity contribution is 0.252. The third kappa shape index (κ3) is 2.07. The fourth-order valence-corrected chi connectivity index (χ4v) is 2.01. The monoisotopic (exact) mass is 229 g/mol. The van der Waals surface area contributed by atoms with Gasteiger partial charge < -0.3 is 9.72 Å². The molecule has 2 rings (SSSR count). The smallest absolute Gasteiger partial charge is 0.288 e. The fourth-order valence-electron chi connectivity index (χ4n) is 1.39. The molecule has 0 aliphatic carbocycles. The van der Waals surface area contributed by atoms with Gasteiger partial charge in [0.25, 0.3) is 5.76 Å². The highest BCUT2D eigenvalue weighted by Gasteiger charge is 2.10. The predicted octanol–water partition coefficient (Wildman–Crippen LogP) is 3.49. The summed E-state index contributed by atoms with van der Waals surface area (Å²) in [5.74, 6) is -1.74. The van der Waals surface area contributed by atoms with E-state index in [0.29, 0.717) is 22.4 Å². The quantitative estimate of drug-likeness (QED) is 0.815. The van der Waals surface area contributed by atoms with Crippen LogP contribution in [0, 0.1) is 0 Å². The van der Waals surface area contributed by atoms with Crippen LogP contribution in [0.25, 0.3) is 10.9 Å². The number of aromatic nitrogens is 1. The fraction of sp³-hybridized carbons (Fsp3) is 0.200. The van der Waals surface area contributed by atoms with Crippen LogP contribution < -0.4 is 4.74 Å². The van der Waals surface area contributed by atoms with Crippen molar-refractivity contribution >= 4 is 22.7 Å². The summed E-state index contributed by atoms with van der Waals surface area (Å²) in [6.07, 6.45) is 1.58. The Morgan fingerprint density at radius 3 is 2.87 bits per heavy atom. The molecule has 0 amide bonds. The van der Waals surface area contributed by atoms with E-state index in [9.17, 15) is 8.78 Å². The predicted molar refractivity (Wildman–Crippen MR) is 56.7 cm³/mol. The van der Waals surface area contributed by atoms with Gasteiger partial charge in [-0.3, -0.25) is 0 Å². The van der Waals surface area contributed by atoms with Gasteiger partial charge in [0.2, 0.25) is 0 Å². The number of rotatable bonds is 3. The first-order chi connectivity index (χ1) is 7.20. The Morgan fingerprint density at radius 2 is 2.20 bits per heavy atom. The molecule has 0 aliphatic rings. The third-order valence-electron chi connectivity index (χ3n) is 2.07. The molecule has 1 aromatic heterocycles. The van der Waals surface area contributed by atoms with Gasteiger partial charge in [-0.1, -0.05) is 11.8 Å². The SMILES string of the molecule is COc1ccc2[nH]cc(SC(F)F)c2c1. The number of halogens is 2. The second-order valence-corrected chi connectivity index (χ2v) is 3.97. The molecule has 0 bridgehead atoms. The van der Waals surface area contributed by atoms with Crippen LogP contribution in [-0.4, -0.2) is 17.9 Å². The van der Waals surface area contributed by atoms with Gasteiger partial charge in [0.15, 0.2) is 0 Å². The van der Waals surface area contributed by atoms with Crippen molar-refractivity contribution in [2.45, 2.75) is 10.7 Å². The van der Waals surface area contributed by atoms with Gasteiger partial charge in [0.1, 0.15) is 5.75 Å². The van der Waals surface area contributed by atoms with Crippen molar-refractivity contribution in [3.05, 3.63) is 24.4 Å². The normalized spacial score (nSPS) is 11.2. The second kappa shape index (κ2) is 4.10. The number of hydrogen-bond donors (Lipinski definition) is 1. The zero-order valence-electron chi connectivity index (χ0n) is 7.96. The molecule has 2 aromatic rings. The van der Waals surface area contributed by atoms with Gasteiger partial charge in [-0.05, 0) is 18.2 Å². The molecular formula is C10H9F2NOS. The molecule has 0 atom stereocenters. The van der Waals surface area contributed by atoms with E-state index in [-0.39, 0.29) is 0 Å². The maximum Gasteiger partial charge on any atom is 0.288 e. The van der Waals surface area contributed by atoms with Gasteiger partial charge >= 0.3 is 0 Å². The van der Waals surface area contributed by atoms with Gasteiger partial charge in [-0.25, -0.2) is 0 Å². The van der Waals surface area contributed by atoms with Crippen LogP contribution in [0.3, 0.4) is 0 Å². The Morgan fingerprint density at radius 1 is 1.40 bits per heavy atom. The lowest BCUT2D eigenvalue weighted by atomic mass is 10.2. The molecule has 0 aliphatic heterocycles. The summed E-state index contributed by atoms with van der Waals surface area (Å²) in [5, 5.41) is 0.764. The molecule has 1 N–H and O–H groups in total. The molecule has 15 heavy (non-hydrogen) atoms. The number of hydrogen-bond acceptors (Lipinski definition) is 2. The van der Waals surface area contributed by atoms with Crippen molar-refractivity contribution < 1.29 is 13.5 Å². The molecule has 0 saturated carbocycles. The molecule has 1 aromatic carbocycles. The van der Waals surface area contributed by atoms with Gasteiger partial charge in [0, 0.05) is 22.0 Å². The summed E-state index contributed by atoms with van der Waals surface area (Å²) >= 11 is 0.534. The molecule has 0 spiro atoms. The van der Waals surface area contributed by atoms with E-state index in [2.05, 4.69) is 4.98 Å². The summed E-state index contributed by atoms with van der Waals surface area (Å²) in [7, 11) is 1.55. The number of ether oxygens (including phenoxy) is 1. The van der Waals surface area contributed by atoms with Crippen molar-refractivity contribution in [1.29, 1.82) is 0 Å². The van der Waals surface area contributed by atoms with Crippen LogP contribution in [0.2, 0.25) is 0 Å². The molecule has 80 valence electrons. The summed E-state index contributed by atoms with van der Waals surface area (Å²) in [6.45, 7) is 0. The Hall–Kier alpha value is -1.23. The standard InChI is InChI=1S/C10H9F2NOS/c1-14-6-2-3-8-7(4-6)9(5-13-8)15-10(11)12/h2-5,10,13H,1H3. The van der Waals surface area contributed by atoms with Crippen molar-refractivity contribution in [2.75, 3.05) is 7.11 Å². The van der Waals surface area contributed by atoms with E-state index in [1.807, 2.05) is 6.07 Å². The molecule has 0 fully saturated rings. The van der Waals surface area contributed by atoms with Crippen molar-refractivity contribution in [3.63, 3.8) is 0 Å². The molecule has 0 saturated heterocycles. The third-order valence-corrected chi connectivity index (χ3v) is 2.84. The minimum Gasteiger partial charge on any atom is -0.497 e. The number of alkyl halides is 2. The van der Waals surface area contributed by atoms with Crippen molar-refractivity contribution in [1.82, 2.24) is 4.98 Å². The van der Waals surface area contributed by atoms with Gasteiger partial charge in [-0.2, -0.15) is 8.78 Å². The molecule has 2 nitrogen and oxygen atoms in total. The maximum atomic E-state index is 12.2. The zero-order valence-corrected chi connectivity index (χ0v) is 8.78. The molecule has 0 radical (unpaired) electrons. The largest absolute Gasteiger partial charge is 0.497 e. The number of benzene rings is 1. The minimum absolute atomic E-state index is 0.534. The second-order valence-electron chi connectivity index (χ2n) is 2.94. The number of H-pyrrole nitrogens is 1. The zero-order chi connectivity index (χ0) is 10.8. The summed E-state index contributed by atoms with van der Waals surface area (Å²) in [4.78, 5) is 3.48. The van der Waals surface area contributed by atoms with E-state index in [1.165, 1.54) is 0 Å². The number of nitrogens with one attached hydrogen (secondary N) is 1. The number of methoxy groups -OCH3 is 1. The van der Waals surface area contributed by atoms with Gasteiger partial charge in [0.05, 0.1) is 7.11 Å². The number of fused-ring (bicyclic) bond motifs is 1. The lowest BCUT2D eigenvalue weighted by Crippen LogP contribution is -1.82. The topological polar surface area (TPSA) is 25.0 Å². The minimum atomic E-state index is -2.41. The first-order valence-corrected chi connectivity index (χ1v) is 5.18. The van der Waals surface area contributed by atoms with Crippen LogP contribution in [0.1, 0.15) is 0 Å². The van der Waals surface area contributed by atoms with Gasteiger partial charge in [-0.15, -0.1) is 0 Å². The molecule has 5 heteroatoms. The van der Waals surface area contributed by atoms with Crippen LogP contribution in [0.4, 0.5) is 8.78 Å². The van der Waals surface area contributed by atoms with Crippen molar-refractivity contribution in [2.24, 2.45) is 0 Å². The summed E-state index contributed by atoms with van der Waals surface area (Å²) in [5.41, 5.74) is 0.832. The number of aromatic amines is 1. The summed E-state index contributed by atoms with van der Waals surface area (Å²) in [6, 6.07) is 5.34. The summed E-state index contributed by atoms with van der Waals surface area (Å²) < 4.78 is 29.5. The van der Waals surface area contributed by atoms with E-state index < -0.39 is 5.76 Å². The highest BCUT2D eigenvalue weighted by atomic mass is 32.2. The van der Waals surface area contributed by atoms with Crippen LogP contribution in [-0.2, 0) is 0 Å². The average molecular weight is 229 g/mol. The Balaban J connectivity index is 2.46. The van der Waals surface area contributed by atoms with E-state index in [4.69, 9.17) is 4.74 Å². The molecule has 1 heterocycles. The highest BCUT2D eigenvalue weighted by molar-refractivity contribution is 7.99. The Labute approximate surface area is 89.6 Å². The molecular weight excluding hydrogens is 220 g/mol. The molecule has 0 unspecified atom stereocenters. The maximum absolute atomic E-state index is 12.2.